The molecule has 0 atom stereocenters. The number of aromatic nitrogens is 2. The van der Waals surface area contributed by atoms with E-state index in [0.717, 1.165) is 12.4 Å². The van der Waals surface area contributed by atoms with Crippen molar-refractivity contribution in [3.63, 3.8) is 0 Å². The van der Waals surface area contributed by atoms with Crippen molar-refractivity contribution in [2.75, 3.05) is 11.9 Å². The molecule has 1 rings (SSSR count). The Bertz CT molecular complexity index is 180. The van der Waals surface area contributed by atoms with Crippen LogP contribution in [0.2, 0.25) is 0 Å². The van der Waals surface area contributed by atoms with Gasteiger partial charge in [-0.05, 0) is 6.92 Å². The molecule has 9 heavy (non-hydrogen) atoms. The first-order chi connectivity index (χ1) is 4.34. The van der Waals surface area contributed by atoms with Gasteiger partial charge >= 0.3 is 0 Å². The van der Waals surface area contributed by atoms with Gasteiger partial charge in [-0.15, -0.1) is 0 Å². The molecule has 0 bridgehead atoms. The molecule has 0 radical (unpaired) electrons. The molecule has 0 aliphatic heterocycles. The zero-order chi connectivity index (χ0) is 6.69. The normalized spacial score (nSPS) is 9.56. The Kier molecular flexibility index (Phi) is 1.72. The van der Waals surface area contributed by atoms with Gasteiger partial charge in [-0.25, -0.2) is 0 Å². The largest absolute Gasteiger partial charge is 0.371 e. The quantitative estimate of drug-likeness (QED) is 0.635. The van der Waals surface area contributed by atoms with E-state index in [9.17, 15) is 0 Å². The van der Waals surface area contributed by atoms with Gasteiger partial charge in [0.15, 0.2) is 0 Å². The van der Waals surface area contributed by atoms with Gasteiger partial charge in [0.2, 0.25) is 0 Å². The van der Waals surface area contributed by atoms with Crippen molar-refractivity contribution in [3.05, 3.63) is 12.3 Å². The fraction of sp³-hybridized carbons (Fsp3) is 0.500. The lowest BCUT2D eigenvalue weighted by atomic mass is 10.6. The van der Waals surface area contributed by atoms with Crippen molar-refractivity contribution >= 4 is 5.82 Å². The number of anilines is 1. The van der Waals surface area contributed by atoms with Gasteiger partial charge in [0.05, 0.1) is 6.20 Å². The maximum absolute atomic E-state index is 3.99. The van der Waals surface area contributed by atoms with Crippen molar-refractivity contribution in [3.8, 4) is 0 Å². The van der Waals surface area contributed by atoms with Crippen LogP contribution >= 0.6 is 0 Å². The molecule has 1 aromatic heterocycles. The van der Waals surface area contributed by atoms with E-state index >= 15 is 0 Å². The highest BCUT2D eigenvalue weighted by atomic mass is 15.3. The fourth-order valence-corrected chi connectivity index (χ4v) is 0.728. The summed E-state index contributed by atoms with van der Waals surface area (Å²) < 4.78 is 1.81. The Morgan fingerprint density at radius 2 is 2.56 bits per heavy atom. The third-order valence-corrected chi connectivity index (χ3v) is 1.18. The van der Waals surface area contributed by atoms with Crippen LogP contribution in [-0.4, -0.2) is 16.3 Å². The standard InChI is InChI=1S/C6H11N3/c1-3-7-6-4-5-8-9(6)2/h4-5,7H,3H2,1-2H3. The Morgan fingerprint density at radius 3 is 3.00 bits per heavy atom. The minimum absolute atomic E-state index is 0.944. The summed E-state index contributed by atoms with van der Waals surface area (Å²) >= 11 is 0. The number of rotatable bonds is 2. The number of hydrogen-bond acceptors (Lipinski definition) is 2. The molecule has 0 saturated carbocycles. The van der Waals surface area contributed by atoms with E-state index in [-0.39, 0.29) is 0 Å². The molecule has 3 heteroatoms. The first-order valence-electron chi connectivity index (χ1n) is 3.06. The van der Waals surface area contributed by atoms with Gasteiger partial charge in [0.25, 0.3) is 0 Å². The molecule has 1 heterocycles. The van der Waals surface area contributed by atoms with E-state index in [1.165, 1.54) is 0 Å². The van der Waals surface area contributed by atoms with Gasteiger partial charge in [-0.2, -0.15) is 5.10 Å². The lowest BCUT2D eigenvalue weighted by molar-refractivity contribution is 0.771. The van der Waals surface area contributed by atoms with Crippen molar-refractivity contribution in [1.82, 2.24) is 9.78 Å². The lowest BCUT2D eigenvalue weighted by Crippen LogP contribution is -2.02. The van der Waals surface area contributed by atoms with Crippen LogP contribution in [0.1, 0.15) is 6.92 Å². The number of nitrogens with one attached hydrogen (secondary N) is 1. The van der Waals surface area contributed by atoms with E-state index in [1.807, 2.05) is 17.8 Å². The van der Waals surface area contributed by atoms with Crippen LogP contribution in [0.5, 0.6) is 0 Å². The molecule has 0 aromatic carbocycles. The smallest absolute Gasteiger partial charge is 0.123 e. The van der Waals surface area contributed by atoms with Crippen LogP contribution in [0.3, 0.4) is 0 Å². The van der Waals surface area contributed by atoms with Gasteiger partial charge in [0, 0.05) is 19.7 Å². The van der Waals surface area contributed by atoms with Crippen LogP contribution < -0.4 is 5.32 Å². The Morgan fingerprint density at radius 1 is 1.78 bits per heavy atom. The number of hydrogen-bond donors (Lipinski definition) is 1. The van der Waals surface area contributed by atoms with Crippen LogP contribution in [0.15, 0.2) is 12.3 Å². The van der Waals surface area contributed by atoms with Crippen molar-refractivity contribution in [2.45, 2.75) is 6.92 Å². The second-order valence-corrected chi connectivity index (χ2v) is 1.87. The molecule has 0 amide bonds. The summed E-state index contributed by atoms with van der Waals surface area (Å²) in [5.74, 6) is 1.07. The topological polar surface area (TPSA) is 29.9 Å². The molecule has 0 aliphatic rings. The van der Waals surface area contributed by atoms with E-state index < -0.39 is 0 Å². The Labute approximate surface area is 54.7 Å². The molecular weight excluding hydrogens is 114 g/mol. The van der Waals surface area contributed by atoms with Gasteiger partial charge in [0.1, 0.15) is 5.82 Å². The summed E-state index contributed by atoms with van der Waals surface area (Å²) in [6, 6.07) is 1.95. The first kappa shape index (κ1) is 6.13. The Hall–Kier alpha value is -0.990. The molecule has 1 aromatic rings. The molecule has 0 unspecified atom stereocenters. The zero-order valence-electron chi connectivity index (χ0n) is 5.76. The highest BCUT2D eigenvalue weighted by Gasteiger charge is 1.91. The SMILES string of the molecule is CCNc1ccnn1C. The molecular formula is C6H11N3. The second kappa shape index (κ2) is 2.53. The van der Waals surface area contributed by atoms with Crippen LogP contribution in [0, 0.1) is 0 Å². The summed E-state index contributed by atoms with van der Waals surface area (Å²) in [7, 11) is 1.91. The monoisotopic (exact) mass is 125 g/mol. The predicted molar refractivity (Wildman–Crippen MR) is 37.4 cm³/mol. The fourth-order valence-electron chi connectivity index (χ4n) is 0.728. The summed E-state index contributed by atoms with van der Waals surface area (Å²) in [5, 5.41) is 7.15. The average Bonchev–Trinajstić information content (AvgIpc) is 2.18. The minimum atomic E-state index is 0.944. The average molecular weight is 125 g/mol. The van der Waals surface area contributed by atoms with Crippen LogP contribution in [-0.2, 0) is 7.05 Å². The van der Waals surface area contributed by atoms with Gasteiger partial charge < -0.3 is 5.32 Å². The van der Waals surface area contributed by atoms with E-state index in [0.29, 0.717) is 0 Å². The summed E-state index contributed by atoms with van der Waals surface area (Å²) in [6.07, 6.45) is 1.78. The second-order valence-electron chi connectivity index (χ2n) is 1.87. The van der Waals surface area contributed by atoms with E-state index in [1.54, 1.807) is 6.20 Å². The van der Waals surface area contributed by atoms with Gasteiger partial charge in [-0.1, -0.05) is 0 Å². The van der Waals surface area contributed by atoms with Crippen molar-refractivity contribution < 1.29 is 0 Å². The molecule has 50 valence electrons. The van der Waals surface area contributed by atoms with E-state index in [2.05, 4.69) is 17.3 Å². The molecule has 0 saturated heterocycles. The molecule has 0 spiro atoms. The molecule has 0 fully saturated rings. The lowest BCUT2D eigenvalue weighted by Gasteiger charge is -2.00. The van der Waals surface area contributed by atoms with Crippen molar-refractivity contribution in [2.24, 2.45) is 7.05 Å². The van der Waals surface area contributed by atoms with E-state index in [4.69, 9.17) is 0 Å². The van der Waals surface area contributed by atoms with Crippen LogP contribution in [0.4, 0.5) is 5.82 Å². The number of aryl methyl sites for hydroxylation is 1. The summed E-state index contributed by atoms with van der Waals surface area (Å²) in [5.41, 5.74) is 0. The summed E-state index contributed by atoms with van der Waals surface area (Å²) in [6.45, 7) is 3.01. The third-order valence-electron chi connectivity index (χ3n) is 1.18. The molecule has 1 N–H and O–H groups in total. The summed E-state index contributed by atoms with van der Waals surface area (Å²) in [4.78, 5) is 0. The highest BCUT2D eigenvalue weighted by Crippen LogP contribution is 2.00. The highest BCUT2D eigenvalue weighted by molar-refractivity contribution is 5.32. The number of nitrogens with zero attached hydrogens (tertiary/aromatic N) is 2. The maximum Gasteiger partial charge on any atom is 0.123 e. The van der Waals surface area contributed by atoms with Crippen molar-refractivity contribution in [1.29, 1.82) is 0 Å². The first-order valence-corrected chi connectivity index (χ1v) is 3.06. The maximum atomic E-state index is 3.99. The molecule has 3 nitrogen and oxygen atoms in total. The minimum Gasteiger partial charge on any atom is -0.371 e. The Balaban J connectivity index is 2.69. The van der Waals surface area contributed by atoms with Crippen LogP contribution in [0.25, 0.3) is 0 Å². The molecule has 0 aliphatic carbocycles. The zero-order valence-corrected chi connectivity index (χ0v) is 5.76. The third kappa shape index (κ3) is 1.22. The predicted octanol–water partition coefficient (Wildman–Crippen LogP) is 0.852. The van der Waals surface area contributed by atoms with Gasteiger partial charge in [-0.3, -0.25) is 4.68 Å².